The summed E-state index contributed by atoms with van der Waals surface area (Å²) in [6.45, 7) is 0. The van der Waals surface area contributed by atoms with Gasteiger partial charge in [0.1, 0.15) is 11.3 Å². The molecule has 0 radical (unpaired) electrons. The number of hydrogen-bond donors (Lipinski definition) is 1. The molecule has 0 fully saturated rings. The predicted octanol–water partition coefficient (Wildman–Crippen LogP) is 3.68. The van der Waals surface area contributed by atoms with Crippen molar-refractivity contribution in [2.75, 3.05) is 5.73 Å². The van der Waals surface area contributed by atoms with E-state index in [9.17, 15) is 0 Å². The number of nitrogen functional groups attached to an aromatic ring is 1. The fraction of sp³-hybridized carbons (Fsp3) is 0. The Morgan fingerprint density at radius 2 is 1.69 bits per heavy atom. The topological polar surface area (TPSA) is 39.2 Å². The molecule has 0 spiro atoms. The molecule has 2 nitrogen and oxygen atoms in total. The minimum absolute atomic E-state index is 0.753. The van der Waals surface area contributed by atoms with Crippen LogP contribution in [0, 0.1) is 0 Å². The molecule has 2 heteroatoms. The van der Waals surface area contributed by atoms with Gasteiger partial charge in [0.2, 0.25) is 0 Å². The van der Waals surface area contributed by atoms with Gasteiger partial charge in [-0.2, -0.15) is 0 Å². The molecule has 0 saturated carbocycles. The predicted molar refractivity (Wildman–Crippen MR) is 66.1 cm³/mol. The Labute approximate surface area is 93.3 Å². The van der Waals surface area contributed by atoms with Gasteiger partial charge in [-0.3, -0.25) is 0 Å². The lowest BCUT2D eigenvalue weighted by molar-refractivity contribution is 0.631. The first kappa shape index (κ1) is 9.04. The Balaban J connectivity index is 2.23. The molecule has 0 unspecified atom stereocenters. The van der Waals surface area contributed by atoms with Crippen molar-refractivity contribution < 1.29 is 4.42 Å². The molecule has 2 N–H and O–H groups in total. The van der Waals surface area contributed by atoms with E-state index in [0.717, 1.165) is 28.0 Å². The zero-order chi connectivity index (χ0) is 11.0. The molecule has 3 aromatic rings. The third kappa shape index (κ3) is 1.36. The molecule has 0 aliphatic heterocycles. The lowest BCUT2D eigenvalue weighted by Crippen LogP contribution is -1.82. The first-order chi connectivity index (χ1) is 7.84. The fourth-order valence-electron chi connectivity index (χ4n) is 1.83. The second-order valence-electron chi connectivity index (χ2n) is 3.74. The van der Waals surface area contributed by atoms with Gasteiger partial charge in [0.15, 0.2) is 0 Å². The molecule has 0 atom stereocenters. The number of rotatable bonds is 1. The Kier molecular flexibility index (Phi) is 1.93. The van der Waals surface area contributed by atoms with Crippen molar-refractivity contribution >= 4 is 16.7 Å². The van der Waals surface area contributed by atoms with E-state index in [4.69, 9.17) is 10.2 Å². The van der Waals surface area contributed by atoms with Gasteiger partial charge in [0.25, 0.3) is 0 Å². The van der Waals surface area contributed by atoms with Crippen LogP contribution in [0.25, 0.3) is 22.3 Å². The second kappa shape index (κ2) is 3.42. The van der Waals surface area contributed by atoms with E-state index < -0.39 is 0 Å². The maximum absolute atomic E-state index is 5.89. The van der Waals surface area contributed by atoms with Crippen LogP contribution >= 0.6 is 0 Å². The molecule has 1 aromatic heterocycles. The number of furan rings is 1. The lowest BCUT2D eigenvalue weighted by Gasteiger charge is -1.93. The Hall–Kier alpha value is -2.22. The van der Waals surface area contributed by atoms with Crippen LogP contribution in [0.3, 0.4) is 0 Å². The van der Waals surface area contributed by atoms with Crippen LogP contribution in [0.4, 0.5) is 5.69 Å². The highest BCUT2D eigenvalue weighted by Gasteiger charge is 2.06. The van der Waals surface area contributed by atoms with Crippen molar-refractivity contribution in [2.45, 2.75) is 0 Å². The molecule has 0 aliphatic carbocycles. The van der Waals surface area contributed by atoms with Gasteiger partial charge >= 0.3 is 0 Å². The average Bonchev–Trinajstić information content (AvgIpc) is 2.76. The van der Waals surface area contributed by atoms with Crippen LogP contribution in [-0.4, -0.2) is 0 Å². The van der Waals surface area contributed by atoms with Crippen LogP contribution in [0.2, 0.25) is 0 Å². The van der Waals surface area contributed by atoms with E-state index in [2.05, 4.69) is 0 Å². The monoisotopic (exact) mass is 209 g/mol. The summed E-state index contributed by atoms with van der Waals surface area (Å²) in [7, 11) is 0. The Bertz CT molecular complexity index is 626. The smallest absolute Gasteiger partial charge is 0.136 e. The van der Waals surface area contributed by atoms with Crippen molar-refractivity contribution in [2.24, 2.45) is 0 Å². The second-order valence-corrected chi connectivity index (χ2v) is 3.74. The van der Waals surface area contributed by atoms with Gasteiger partial charge in [0.05, 0.1) is 0 Å². The van der Waals surface area contributed by atoms with Gasteiger partial charge < -0.3 is 10.2 Å². The summed E-state index contributed by atoms with van der Waals surface area (Å²) in [5.41, 5.74) is 8.54. The lowest BCUT2D eigenvalue weighted by atomic mass is 10.1. The first-order valence-corrected chi connectivity index (χ1v) is 5.18. The minimum atomic E-state index is 0.753. The third-order valence-corrected chi connectivity index (χ3v) is 2.65. The van der Waals surface area contributed by atoms with E-state index >= 15 is 0 Å². The molecule has 1 heterocycles. The highest BCUT2D eigenvalue weighted by molar-refractivity contribution is 5.92. The van der Waals surface area contributed by atoms with Crippen LogP contribution < -0.4 is 5.73 Å². The minimum Gasteiger partial charge on any atom is -0.456 e. The zero-order valence-corrected chi connectivity index (χ0v) is 8.68. The van der Waals surface area contributed by atoms with E-state index in [1.165, 1.54) is 0 Å². The molecular formula is C14H11NO. The van der Waals surface area contributed by atoms with E-state index in [0.29, 0.717) is 0 Å². The van der Waals surface area contributed by atoms with Crippen molar-refractivity contribution in [1.82, 2.24) is 0 Å². The maximum Gasteiger partial charge on any atom is 0.136 e. The largest absolute Gasteiger partial charge is 0.456 e. The van der Waals surface area contributed by atoms with Crippen molar-refractivity contribution in [1.29, 1.82) is 0 Å². The summed E-state index contributed by atoms with van der Waals surface area (Å²) in [5, 5.41) is 0.973. The van der Waals surface area contributed by atoms with E-state index in [1.54, 1.807) is 0 Å². The number of hydrogen-bond acceptors (Lipinski definition) is 2. The molecule has 0 saturated heterocycles. The Morgan fingerprint density at radius 1 is 0.875 bits per heavy atom. The molecular weight excluding hydrogens is 198 g/mol. The summed E-state index contributed by atoms with van der Waals surface area (Å²) in [4.78, 5) is 0. The molecule has 0 aliphatic rings. The highest BCUT2D eigenvalue weighted by atomic mass is 16.3. The average molecular weight is 209 g/mol. The summed E-state index contributed by atoms with van der Waals surface area (Å²) in [5.74, 6) is 0.855. The maximum atomic E-state index is 5.89. The van der Waals surface area contributed by atoms with Crippen molar-refractivity contribution in [3.8, 4) is 11.3 Å². The van der Waals surface area contributed by atoms with Gasteiger partial charge in [-0.25, -0.2) is 0 Å². The standard InChI is InChI=1S/C14H11NO/c15-12-7-4-8-13-11(12)9-14(16-13)10-5-2-1-3-6-10/h1-9H,15H2. The SMILES string of the molecule is Nc1cccc2oc(-c3ccccc3)cc12. The Morgan fingerprint density at radius 3 is 2.44 bits per heavy atom. The number of fused-ring (bicyclic) bond motifs is 1. The fourth-order valence-corrected chi connectivity index (χ4v) is 1.83. The van der Waals surface area contributed by atoms with Gasteiger partial charge in [-0.05, 0) is 18.2 Å². The molecule has 78 valence electrons. The molecule has 16 heavy (non-hydrogen) atoms. The third-order valence-electron chi connectivity index (χ3n) is 2.65. The summed E-state index contributed by atoms with van der Waals surface area (Å²) in [6, 6.07) is 17.7. The number of anilines is 1. The normalized spacial score (nSPS) is 10.8. The quantitative estimate of drug-likeness (QED) is 0.621. The number of nitrogens with two attached hydrogens (primary N) is 1. The van der Waals surface area contributed by atoms with Crippen LogP contribution in [0.15, 0.2) is 59.0 Å². The number of benzene rings is 2. The molecule has 3 rings (SSSR count). The first-order valence-electron chi connectivity index (χ1n) is 5.18. The summed E-state index contributed by atoms with van der Waals surface area (Å²) >= 11 is 0. The summed E-state index contributed by atoms with van der Waals surface area (Å²) in [6.07, 6.45) is 0. The van der Waals surface area contributed by atoms with Gasteiger partial charge in [0, 0.05) is 16.6 Å². The van der Waals surface area contributed by atoms with Gasteiger partial charge in [-0.15, -0.1) is 0 Å². The van der Waals surface area contributed by atoms with Crippen LogP contribution in [0.1, 0.15) is 0 Å². The highest BCUT2D eigenvalue weighted by Crippen LogP contribution is 2.30. The zero-order valence-electron chi connectivity index (χ0n) is 8.68. The van der Waals surface area contributed by atoms with Crippen LogP contribution in [-0.2, 0) is 0 Å². The molecule has 2 aromatic carbocycles. The van der Waals surface area contributed by atoms with E-state index in [1.807, 2.05) is 54.6 Å². The molecule has 0 bridgehead atoms. The summed E-state index contributed by atoms with van der Waals surface area (Å²) < 4.78 is 5.75. The van der Waals surface area contributed by atoms with E-state index in [-0.39, 0.29) is 0 Å². The van der Waals surface area contributed by atoms with Crippen LogP contribution in [0.5, 0.6) is 0 Å². The molecule has 0 amide bonds. The van der Waals surface area contributed by atoms with Crippen molar-refractivity contribution in [3.05, 3.63) is 54.6 Å². The van der Waals surface area contributed by atoms with Gasteiger partial charge in [-0.1, -0.05) is 36.4 Å². The van der Waals surface area contributed by atoms with Crippen molar-refractivity contribution in [3.63, 3.8) is 0 Å².